The minimum Gasteiger partial charge on any atom is -0.392 e. The fourth-order valence-corrected chi connectivity index (χ4v) is 5.71. The summed E-state index contributed by atoms with van der Waals surface area (Å²) in [6, 6.07) is 26.6. The van der Waals surface area contributed by atoms with Crippen molar-refractivity contribution >= 4 is 5.95 Å². The molecular weight excluding hydrogens is 514 g/mol. The van der Waals surface area contributed by atoms with Crippen LogP contribution >= 0.6 is 0 Å². The van der Waals surface area contributed by atoms with Gasteiger partial charge in [-0.15, -0.1) is 0 Å². The second-order valence-electron chi connectivity index (χ2n) is 10.7. The fourth-order valence-electron chi connectivity index (χ4n) is 5.71. The molecule has 8 heteroatoms. The molecule has 0 aliphatic carbocycles. The van der Waals surface area contributed by atoms with Gasteiger partial charge in [0.05, 0.1) is 18.8 Å². The normalized spacial score (nSPS) is 21.6. The number of piperazine rings is 1. The maximum Gasteiger partial charge on any atom is 0.225 e. The molecule has 3 unspecified atom stereocenters. The third-order valence-electron chi connectivity index (χ3n) is 8.02. The van der Waals surface area contributed by atoms with Gasteiger partial charge in [0.2, 0.25) is 5.95 Å². The Morgan fingerprint density at radius 2 is 1.51 bits per heavy atom. The van der Waals surface area contributed by atoms with Gasteiger partial charge in [0, 0.05) is 63.6 Å². The molecule has 2 aliphatic heterocycles. The molecule has 3 aromatic carbocycles. The SMILES string of the molecule is NCc1ccccc1-c1ccc(C2OC(CN3CCN(c4ncccn4)CC3)CC(c3ccc(CO)cc3)O2)cc1. The van der Waals surface area contributed by atoms with Crippen LogP contribution in [0.3, 0.4) is 0 Å². The summed E-state index contributed by atoms with van der Waals surface area (Å²) in [7, 11) is 0. The van der Waals surface area contributed by atoms with E-state index in [9.17, 15) is 5.11 Å². The number of hydrogen-bond acceptors (Lipinski definition) is 8. The fraction of sp³-hybridized carbons (Fsp3) is 0.333. The van der Waals surface area contributed by atoms with Crippen LogP contribution in [0.2, 0.25) is 0 Å². The Bertz CT molecular complexity index is 1390. The number of ether oxygens (including phenoxy) is 2. The van der Waals surface area contributed by atoms with Crippen LogP contribution in [0, 0.1) is 0 Å². The van der Waals surface area contributed by atoms with E-state index in [0.717, 1.165) is 78.5 Å². The quantitative estimate of drug-likeness (QED) is 0.331. The van der Waals surface area contributed by atoms with Crippen molar-refractivity contribution < 1.29 is 14.6 Å². The summed E-state index contributed by atoms with van der Waals surface area (Å²) < 4.78 is 13.2. The Kier molecular flexibility index (Phi) is 8.65. The molecule has 0 spiro atoms. The number of benzene rings is 3. The van der Waals surface area contributed by atoms with Crippen LogP contribution in [0.4, 0.5) is 5.95 Å². The highest BCUT2D eigenvalue weighted by Crippen LogP contribution is 2.39. The minimum absolute atomic E-state index is 0.00781. The van der Waals surface area contributed by atoms with E-state index in [1.807, 2.05) is 30.3 Å². The predicted octanol–water partition coefficient (Wildman–Crippen LogP) is 4.46. The lowest BCUT2D eigenvalue weighted by Gasteiger charge is -2.40. The zero-order chi connectivity index (χ0) is 28.0. The molecule has 0 amide bonds. The number of nitrogens with zero attached hydrogens (tertiary/aromatic N) is 4. The number of aliphatic hydroxyl groups excluding tert-OH is 1. The summed E-state index contributed by atoms with van der Waals surface area (Å²) >= 11 is 0. The standard InChI is InChI=1S/C33H37N5O3/c34-21-28-4-1-2-5-30(28)25-10-12-27(13-11-25)32-40-29(20-31(41-32)26-8-6-24(23-39)7-9-26)22-37-16-18-38(19-17-37)33-35-14-3-15-36-33/h1-15,29,31-32,39H,16-23,34H2. The second kappa shape index (κ2) is 12.9. The summed E-state index contributed by atoms with van der Waals surface area (Å²) in [6.45, 7) is 4.97. The second-order valence-corrected chi connectivity index (χ2v) is 10.7. The van der Waals surface area contributed by atoms with Crippen molar-refractivity contribution in [3.63, 3.8) is 0 Å². The van der Waals surface area contributed by atoms with E-state index in [1.165, 1.54) is 0 Å². The Morgan fingerprint density at radius 1 is 0.805 bits per heavy atom. The van der Waals surface area contributed by atoms with Gasteiger partial charge in [0.15, 0.2) is 6.29 Å². The van der Waals surface area contributed by atoms with E-state index in [2.05, 4.69) is 68.3 Å². The number of anilines is 1. The lowest BCUT2D eigenvalue weighted by molar-refractivity contribution is -0.253. The molecule has 2 saturated heterocycles. The molecule has 3 N–H and O–H groups in total. The molecule has 0 bridgehead atoms. The molecule has 3 heterocycles. The maximum absolute atomic E-state index is 9.51. The highest BCUT2D eigenvalue weighted by Gasteiger charge is 2.34. The summed E-state index contributed by atoms with van der Waals surface area (Å²) in [5.41, 5.74) is 12.4. The first-order chi connectivity index (χ1) is 20.2. The number of rotatable bonds is 8. The molecular formula is C33H37N5O3. The Balaban J connectivity index is 1.18. The molecule has 0 saturated carbocycles. The van der Waals surface area contributed by atoms with E-state index in [0.29, 0.717) is 6.54 Å². The van der Waals surface area contributed by atoms with E-state index in [4.69, 9.17) is 15.2 Å². The topological polar surface area (TPSA) is 97.0 Å². The Labute approximate surface area is 241 Å². The number of aromatic nitrogens is 2. The summed E-state index contributed by atoms with van der Waals surface area (Å²) in [5, 5.41) is 9.51. The number of nitrogens with two attached hydrogens (primary N) is 1. The maximum atomic E-state index is 9.51. The van der Waals surface area contributed by atoms with Crippen LogP contribution in [0.25, 0.3) is 11.1 Å². The molecule has 6 rings (SSSR count). The van der Waals surface area contributed by atoms with E-state index in [1.54, 1.807) is 12.4 Å². The monoisotopic (exact) mass is 551 g/mol. The number of hydrogen-bond donors (Lipinski definition) is 2. The van der Waals surface area contributed by atoms with Gasteiger partial charge in [-0.2, -0.15) is 0 Å². The Morgan fingerprint density at radius 3 is 2.22 bits per heavy atom. The van der Waals surface area contributed by atoms with E-state index >= 15 is 0 Å². The molecule has 2 aliphatic rings. The van der Waals surface area contributed by atoms with Crippen molar-refractivity contribution in [1.82, 2.24) is 14.9 Å². The average Bonchev–Trinajstić information content (AvgIpc) is 3.05. The van der Waals surface area contributed by atoms with Gasteiger partial charge < -0.3 is 25.2 Å². The third-order valence-corrected chi connectivity index (χ3v) is 8.02. The first-order valence-corrected chi connectivity index (χ1v) is 14.3. The van der Waals surface area contributed by atoms with Crippen LogP contribution in [-0.4, -0.2) is 58.8 Å². The summed E-state index contributed by atoms with van der Waals surface area (Å²) in [5.74, 6) is 0.790. The van der Waals surface area contributed by atoms with Gasteiger partial charge in [-0.1, -0.05) is 72.8 Å². The predicted molar refractivity (Wildman–Crippen MR) is 159 cm³/mol. The smallest absolute Gasteiger partial charge is 0.225 e. The van der Waals surface area contributed by atoms with E-state index < -0.39 is 6.29 Å². The van der Waals surface area contributed by atoms with E-state index in [-0.39, 0.29) is 18.8 Å². The Hall–Kier alpha value is -3.66. The zero-order valence-corrected chi connectivity index (χ0v) is 23.2. The molecule has 2 fully saturated rings. The molecule has 3 atom stereocenters. The van der Waals surface area contributed by atoms with Crippen molar-refractivity contribution in [2.75, 3.05) is 37.6 Å². The largest absolute Gasteiger partial charge is 0.392 e. The van der Waals surface area contributed by atoms with Crippen molar-refractivity contribution in [1.29, 1.82) is 0 Å². The van der Waals surface area contributed by atoms with Gasteiger partial charge in [0.25, 0.3) is 0 Å². The number of aliphatic hydroxyl groups is 1. The summed E-state index contributed by atoms with van der Waals surface area (Å²) in [4.78, 5) is 13.5. The van der Waals surface area contributed by atoms with Gasteiger partial charge in [0.1, 0.15) is 0 Å². The van der Waals surface area contributed by atoms with Crippen LogP contribution in [0.1, 0.15) is 41.1 Å². The van der Waals surface area contributed by atoms with Crippen LogP contribution < -0.4 is 10.6 Å². The van der Waals surface area contributed by atoms with Crippen molar-refractivity contribution in [2.45, 2.75) is 38.1 Å². The first-order valence-electron chi connectivity index (χ1n) is 14.3. The molecule has 212 valence electrons. The highest BCUT2D eigenvalue weighted by molar-refractivity contribution is 5.67. The van der Waals surface area contributed by atoms with Gasteiger partial charge >= 0.3 is 0 Å². The highest BCUT2D eigenvalue weighted by atomic mass is 16.7. The summed E-state index contributed by atoms with van der Waals surface area (Å²) in [6.07, 6.45) is 3.77. The molecule has 0 radical (unpaired) electrons. The first kappa shape index (κ1) is 27.5. The van der Waals surface area contributed by atoms with Crippen LogP contribution in [-0.2, 0) is 22.6 Å². The van der Waals surface area contributed by atoms with Crippen LogP contribution in [0.5, 0.6) is 0 Å². The average molecular weight is 552 g/mol. The van der Waals surface area contributed by atoms with Crippen molar-refractivity contribution in [3.8, 4) is 11.1 Å². The molecule has 1 aromatic heterocycles. The third kappa shape index (κ3) is 6.48. The van der Waals surface area contributed by atoms with Gasteiger partial charge in [-0.3, -0.25) is 4.90 Å². The molecule has 41 heavy (non-hydrogen) atoms. The molecule has 8 nitrogen and oxygen atoms in total. The van der Waals surface area contributed by atoms with Crippen molar-refractivity contribution in [2.24, 2.45) is 5.73 Å². The van der Waals surface area contributed by atoms with Crippen molar-refractivity contribution in [3.05, 3.63) is 114 Å². The zero-order valence-electron chi connectivity index (χ0n) is 23.2. The lowest BCUT2D eigenvalue weighted by atomic mass is 9.97. The molecule has 4 aromatic rings. The minimum atomic E-state index is -0.478. The lowest BCUT2D eigenvalue weighted by Crippen LogP contribution is -2.50. The van der Waals surface area contributed by atoms with Gasteiger partial charge in [-0.25, -0.2) is 9.97 Å². The van der Waals surface area contributed by atoms with Crippen LogP contribution in [0.15, 0.2) is 91.3 Å². The van der Waals surface area contributed by atoms with Gasteiger partial charge in [-0.05, 0) is 33.9 Å².